The highest BCUT2D eigenvalue weighted by atomic mass is 32.2. The summed E-state index contributed by atoms with van der Waals surface area (Å²) in [7, 11) is -3.30. The summed E-state index contributed by atoms with van der Waals surface area (Å²) in [5.41, 5.74) is 1.86. The van der Waals surface area contributed by atoms with Gasteiger partial charge in [0.05, 0.1) is 10.6 Å². The van der Waals surface area contributed by atoms with Crippen molar-refractivity contribution in [2.45, 2.75) is 18.4 Å². The highest BCUT2D eigenvalue weighted by Crippen LogP contribution is 2.35. The first kappa shape index (κ1) is 20.7. The first-order chi connectivity index (χ1) is 14.9. The predicted molar refractivity (Wildman–Crippen MR) is 115 cm³/mol. The lowest BCUT2D eigenvalue weighted by Crippen LogP contribution is -2.12. The van der Waals surface area contributed by atoms with Crippen LogP contribution in [0.1, 0.15) is 22.8 Å². The van der Waals surface area contributed by atoms with Crippen LogP contribution < -0.4 is 19.5 Å². The van der Waals surface area contributed by atoms with E-state index in [0.29, 0.717) is 35.1 Å². The second-order valence-corrected chi connectivity index (χ2v) is 9.16. The van der Waals surface area contributed by atoms with Gasteiger partial charge >= 0.3 is 0 Å². The van der Waals surface area contributed by atoms with E-state index in [-0.39, 0.29) is 23.3 Å². The zero-order valence-electron chi connectivity index (χ0n) is 16.8. The summed E-state index contributed by atoms with van der Waals surface area (Å²) < 4.78 is 40.3. The van der Waals surface area contributed by atoms with E-state index in [4.69, 9.17) is 14.2 Å². The number of rotatable bonds is 7. The number of anilines is 1. The topological polar surface area (TPSA) is 90.9 Å². The average molecular weight is 439 g/mol. The van der Waals surface area contributed by atoms with Gasteiger partial charge in [0, 0.05) is 17.3 Å². The van der Waals surface area contributed by atoms with Gasteiger partial charge in [-0.2, -0.15) is 0 Å². The van der Waals surface area contributed by atoms with Gasteiger partial charge in [0.2, 0.25) is 6.79 Å². The fraction of sp³-hybridized carbons (Fsp3) is 0.174. The maximum absolute atomic E-state index is 12.5. The molecule has 160 valence electrons. The van der Waals surface area contributed by atoms with Crippen LogP contribution in [0.4, 0.5) is 5.69 Å². The molecule has 8 heteroatoms. The number of carbonyl (C=O) groups is 1. The molecule has 31 heavy (non-hydrogen) atoms. The molecule has 0 bridgehead atoms. The minimum Gasteiger partial charge on any atom is -0.489 e. The van der Waals surface area contributed by atoms with E-state index in [1.54, 1.807) is 25.1 Å². The minimum absolute atomic E-state index is 0.0136. The third-order valence-corrected chi connectivity index (χ3v) is 6.54. The van der Waals surface area contributed by atoms with Crippen molar-refractivity contribution in [1.29, 1.82) is 0 Å². The Balaban J connectivity index is 1.39. The molecule has 0 fully saturated rings. The molecule has 7 nitrogen and oxygen atoms in total. The van der Waals surface area contributed by atoms with Crippen molar-refractivity contribution < 1.29 is 27.4 Å². The van der Waals surface area contributed by atoms with E-state index in [0.717, 1.165) is 5.56 Å². The molecule has 0 aliphatic carbocycles. The lowest BCUT2D eigenvalue weighted by molar-refractivity contribution is 0.102. The molecule has 3 aromatic rings. The highest BCUT2D eigenvalue weighted by molar-refractivity contribution is 7.91. The van der Waals surface area contributed by atoms with Gasteiger partial charge in [-0.05, 0) is 54.1 Å². The lowest BCUT2D eigenvalue weighted by Gasteiger charge is -2.10. The Morgan fingerprint density at radius 2 is 1.77 bits per heavy atom. The molecule has 1 heterocycles. The normalized spacial score (nSPS) is 12.4. The summed E-state index contributed by atoms with van der Waals surface area (Å²) >= 11 is 0. The molecule has 3 aromatic carbocycles. The quantitative estimate of drug-likeness (QED) is 0.598. The third kappa shape index (κ3) is 4.80. The third-order valence-electron chi connectivity index (χ3n) is 4.79. The van der Waals surface area contributed by atoms with Gasteiger partial charge in [-0.1, -0.05) is 19.1 Å². The van der Waals surface area contributed by atoms with E-state index in [1.807, 2.05) is 24.3 Å². The summed E-state index contributed by atoms with van der Waals surface area (Å²) in [6.45, 7) is 2.10. The van der Waals surface area contributed by atoms with Crippen molar-refractivity contribution in [2.24, 2.45) is 0 Å². The van der Waals surface area contributed by atoms with Crippen molar-refractivity contribution in [3.63, 3.8) is 0 Å². The van der Waals surface area contributed by atoms with Crippen LogP contribution >= 0.6 is 0 Å². The van der Waals surface area contributed by atoms with Gasteiger partial charge in [0.1, 0.15) is 12.4 Å². The SMILES string of the molecule is CCS(=O)(=O)c1ccc(C(=O)Nc2cccc(COc3ccc4c(c3)OCO4)c2)cc1. The van der Waals surface area contributed by atoms with Gasteiger partial charge in [-0.15, -0.1) is 0 Å². The van der Waals surface area contributed by atoms with Gasteiger partial charge in [0.25, 0.3) is 5.91 Å². The van der Waals surface area contributed by atoms with Crippen molar-refractivity contribution in [3.8, 4) is 17.2 Å². The maximum atomic E-state index is 12.5. The number of sulfone groups is 1. The number of carbonyl (C=O) groups excluding carboxylic acids is 1. The van der Waals surface area contributed by atoms with E-state index < -0.39 is 9.84 Å². The Morgan fingerprint density at radius 3 is 2.55 bits per heavy atom. The Labute approximate surface area is 180 Å². The first-order valence-electron chi connectivity index (χ1n) is 9.70. The van der Waals surface area contributed by atoms with Crippen molar-refractivity contribution in [1.82, 2.24) is 0 Å². The first-order valence-corrected chi connectivity index (χ1v) is 11.4. The molecular weight excluding hydrogens is 418 g/mol. The Hall–Kier alpha value is -3.52. The number of benzene rings is 3. The summed E-state index contributed by atoms with van der Waals surface area (Å²) in [4.78, 5) is 12.7. The number of ether oxygens (including phenoxy) is 3. The van der Waals surface area contributed by atoms with Crippen molar-refractivity contribution >= 4 is 21.4 Å². The van der Waals surface area contributed by atoms with Crippen molar-refractivity contribution in [2.75, 3.05) is 17.9 Å². The van der Waals surface area contributed by atoms with Gasteiger partial charge in [0.15, 0.2) is 21.3 Å². The lowest BCUT2D eigenvalue weighted by atomic mass is 10.2. The fourth-order valence-corrected chi connectivity index (χ4v) is 3.94. The molecule has 0 unspecified atom stereocenters. The van der Waals surface area contributed by atoms with Gasteiger partial charge < -0.3 is 19.5 Å². The summed E-state index contributed by atoms with van der Waals surface area (Å²) in [5.74, 6) is 1.68. The summed E-state index contributed by atoms with van der Waals surface area (Å²) in [5, 5.41) is 2.82. The van der Waals surface area contributed by atoms with Gasteiger partial charge in [-0.3, -0.25) is 4.79 Å². The highest BCUT2D eigenvalue weighted by Gasteiger charge is 2.15. The second-order valence-electron chi connectivity index (χ2n) is 6.89. The van der Waals surface area contributed by atoms with Crippen molar-refractivity contribution in [3.05, 3.63) is 77.9 Å². The summed E-state index contributed by atoms with van der Waals surface area (Å²) in [6.07, 6.45) is 0. The Bertz CT molecular complexity index is 1200. The van der Waals surface area contributed by atoms with E-state index >= 15 is 0 Å². The minimum atomic E-state index is -3.30. The maximum Gasteiger partial charge on any atom is 0.255 e. The monoisotopic (exact) mass is 439 g/mol. The molecule has 1 aliphatic heterocycles. The number of hydrogen-bond acceptors (Lipinski definition) is 6. The molecule has 0 saturated carbocycles. The van der Waals surface area contributed by atoms with Crippen LogP contribution in [0.5, 0.6) is 17.2 Å². The van der Waals surface area contributed by atoms with Crippen LogP contribution in [0.2, 0.25) is 0 Å². The predicted octanol–water partition coefficient (Wildman–Crippen LogP) is 4.04. The van der Waals surface area contributed by atoms with E-state index in [1.165, 1.54) is 24.3 Å². The molecule has 1 N–H and O–H groups in total. The molecule has 4 rings (SSSR count). The molecule has 0 aromatic heterocycles. The largest absolute Gasteiger partial charge is 0.489 e. The second kappa shape index (κ2) is 8.69. The number of nitrogens with one attached hydrogen (secondary N) is 1. The number of amides is 1. The van der Waals surface area contributed by atoms with Crippen LogP contribution in [0.3, 0.4) is 0 Å². The van der Waals surface area contributed by atoms with Crippen LogP contribution in [0, 0.1) is 0 Å². The standard InChI is InChI=1S/C23H21NO6S/c1-2-31(26,27)20-9-6-17(7-10-20)23(25)24-18-5-3-4-16(12-18)14-28-19-8-11-21-22(13-19)30-15-29-21/h3-13H,2,14-15H2,1H3,(H,24,25). The summed E-state index contributed by atoms with van der Waals surface area (Å²) in [6, 6.07) is 18.6. The van der Waals surface area contributed by atoms with Crippen LogP contribution in [-0.2, 0) is 16.4 Å². The molecule has 1 aliphatic rings. The Kier molecular flexibility index (Phi) is 5.81. The zero-order valence-corrected chi connectivity index (χ0v) is 17.6. The van der Waals surface area contributed by atoms with Crippen LogP contribution in [-0.4, -0.2) is 26.9 Å². The smallest absolute Gasteiger partial charge is 0.255 e. The molecule has 0 atom stereocenters. The number of hydrogen-bond donors (Lipinski definition) is 1. The zero-order chi connectivity index (χ0) is 21.8. The average Bonchev–Trinajstić information content (AvgIpc) is 3.26. The molecule has 1 amide bonds. The molecule has 0 radical (unpaired) electrons. The van der Waals surface area contributed by atoms with E-state index in [2.05, 4.69) is 5.32 Å². The molecule has 0 spiro atoms. The fourth-order valence-electron chi connectivity index (χ4n) is 3.06. The van der Waals surface area contributed by atoms with Crippen LogP contribution in [0.15, 0.2) is 71.6 Å². The molecule has 0 saturated heterocycles. The van der Waals surface area contributed by atoms with Gasteiger partial charge in [-0.25, -0.2) is 8.42 Å². The molecular formula is C23H21NO6S. The number of fused-ring (bicyclic) bond motifs is 1. The van der Waals surface area contributed by atoms with E-state index in [9.17, 15) is 13.2 Å². The van der Waals surface area contributed by atoms with Crippen LogP contribution in [0.25, 0.3) is 0 Å². The Morgan fingerprint density at radius 1 is 1.00 bits per heavy atom.